The summed E-state index contributed by atoms with van der Waals surface area (Å²) in [4.78, 5) is 42.5. The highest BCUT2D eigenvalue weighted by atomic mass is 32.1. The molecule has 0 radical (unpaired) electrons. The van der Waals surface area contributed by atoms with E-state index in [4.69, 9.17) is 4.74 Å². The van der Waals surface area contributed by atoms with E-state index in [2.05, 4.69) is 4.99 Å². The number of carbonyl (C=O) groups excluding carboxylic acids is 3. The summed E-state index contributed by atoms with van der Waals surface area (Å²) in [5.74, 6) is -3.42. The van der Waals surface area contributed by atoms with Crippen molar-refractivity contribution >= 4 is 39.3 Å². The van der Waals surface area contributed by atoms with Gasteiger partial charge in [-0.25, -0.2) is 8.78 Å². The minimum absolute atomic E-state index is 0.110. The Morgan fingerprint density at radius 2 is 1.81 bits per heavy atom. The molecule has 0 N–H and O–H groups in total. The van der Waals surface area contributed by atoms with Gasteiger partial charge in [-0.15, -0.1) is 0 Å². The van der Waals surface area contributed by atoms with E-state index in [0.717, 1.165) is 28.4 Å². The monoisotopic (exact) mass is 445 g/mol. The van der Waals surface area contributed by atoms with Gasteiger partial charge in [0.1, 0.15) is 12.4 Å². The predicted octanol–water partition coefficient (Wildman–Crippen LogP) is 2.74. The number of hydrogen-bond donors (Lipinski definition) is 0. The summed E-state index contributed by atoms with van der Waals surface area (Å²) in [5, 5.41) is 0. The number of benzene rings is 2. The third-order valence-corrected chi connectivity index (χ3v) is 5.78. The van der Waals surface area contributed by atoms with Crippen LogP contribution in [0.25, 0.3) is 10.2 Å². The van der Waals surface area contributed by atoms with Crippen LogP contribution in [0.4, 0.5) is 8.78 Å². The Morgan fingerprint density at radius 1 is 1.13 bits per heavy atom. The smallest absolute Gasteiger partial charge is 0.268 e. The maximum absolute atomic E-state index is 14.4. The molecule has 160 valence electrons. The lowest BCUT2D eigenvalue weighted by molar-refractivity contribution is -0.118. The Morgan fingerprint density at radius 3 is 2.45 bits per heavy atom. The fourth-order valence-electron chi connectivity index (χ4n) is 3.38. The molecule has 31 heavy (non-hydrogen) atoms. The van der Waals surface area contributed by atoms with Gasteiger partial charge in [0.25, 0.3) is 17.7 Å². The lowest BCUT2D eigenvalue weighted by Crippen LogP contribution is -2.35. The van der Waals surface area contributed by atoms with Crippen LogP contribution in [-0.4, -0.2) is 46.9 Å². The summed E-state index contributed by atoms with van der Waals surface area (Å²) < 4.78 is 35.1. The molecule has 1 aliphatic heterocycles. The van der Waals surface area contributed by atoms with Crippen LogP contribution in [0.15, 0.2) is 41.4 Å². The number of imide groups is 1. The number of nitrogens with zero attached hydrogens (tertiary/aromatic N) is 3. The van der Waals surface area contributed by atoms with Crippen LogP contribution in [-0.2, 0) is 16.1 Å². The van der Waals surface area contributed by atoms with Gasteiger partial charge < -0.3 is 9.30 Å². The summed E-state index contributed by atoms with van der Waals surface area (Å²) in [5.41, 5.74) is 0.566. The van der Waals surface area contributed by atoms with Crippen molar-refractivity contribution in [2.75, 3.05) is 19.8 Å². The first-order chi connectivity index (χ1) is 14.9. The Bertz CT molecular complexity index is 1250. The highest BCUT2D eigenvalue weighted by Crippen LogP contribution is 2.23. The number of rotatable bonds is 6. The van der Waals surface area contributed by atoms with Crippen molar-refractivity contribution in [3.05, 3.63) is 64.0 Å². The molecule has 3 aromatic rings. The third kappa shape index (κ3) is 3.91. The molecule has 0 spiro atoms. The van der Waals surface area contributed by atoms with Crippen LogP contribution in [0.3, 0.4) is 0 Å². The van der Waals surface area contributed by atoms with E-state index < -0.39 is 35.9 Å². The number of hydrogen-bond acceptors (Lipinski definition) is 5. The summed E-state index contributed by atoms with van der Waals surface area (Å²) in [6, 6.07) is 8.21. The lowest BCUT2D eigenvalue weighted by atomic mass is 10.1. The van der Waals surface area contributed by atoms with Gasteiger partial charge in [-0.2, -0.15) is 4.99 Å². The zero-order valence-electron chi connectivity index (χ0n) is 16.4. The molecule has 2 aromatic carbocycles. The molecule has 10 heteroatoms. The second-order valence-electron chi connectivity index (χ2n) is 6.72. The number of ether oxygens (including phenoxy) is 1. The Balaban J connectivity index is 1.68. The third-order valence-electron chi connectivity index (χ3n) is 4.75. The fraction of sp³-hybridized carbons (Fsp3) is 0.238. The molecule has 0 atom stereocenters. The maximum Gasteiger partial charge on any atom is 0.268 e. The molecule has 0 aliphatic carbocycles. The summed E-state index contributed by atoms with van der Waals surface area (Å²) >= 11 is 0.937. The second kappa shape index (κ2) is 8.48. The molecular weight excluding hydrogens is 428 g/mol. The molecule has 0 unspecified atom stereocenters. The zero-order valence-corrected chi connectivity index (χ0v) is 17.2. The van der Waals surface area contributed by atoms with Gasteiger partial charge in [-0.3, -0.25) is 19.3 Å². The summed E-state index contributed by atoms with van der Waals surface area (Å²) in [6.45, 7) is 2.13. The first kappa shape index (κ1) is 21.0. The first-order valence-corrected chi connectivity index (χ1v) is 10.3. The topological polar surface area (TPSA) is 81.0 Å². The van der Waals surface area contributed by atoms with Gasteiger partial charge in [-0.1, -0.05) is 23.5 Å². The molecule has 1 aromatic heterocycles. The molecular formula is C21H17F2N3O4S. The van der Waals surface area contributed by atoms with Gasteiger partial charge in [-0.05, 0) is 25.1 Å². The van der Waals surface area contributed by atoms with Crippen LogP contribution in [0, 0.1) is 11.6 Å². The van der Waals surface area contributed by atoms with E-state index in [1.165, 1.54) is 16.7 Å². The Hall–Kier alpha value is -3.24. The van der Waals surface area contributed by atoms with Crippen molar-refractivity contribution in [3.8, 4) is 0 Å². The SMILES string of the molecule is CCOCCn1c(=NC(=O)CN2C(=O)c3ccccc3C2=O)sc2cc(F)cc(F)c21. The normalized spacial score (nSPS) is 14.0. The van der Waals surface area contributed by atoms with Gasteiger partial charge in [0.15, 0.2) is 10.6 Å². The molecule has 4 rings (SSSR count). The zero-order chi connectivity index (χ0) is 22.1. The molecule has 7 nitrogen and oxygen atoms in total. The van der Waals surface area contributed by atoms with E-state index >= 15 is 0 Å². The molecule has 2 heterocycles. The predicted molar refractivity (Wildman–Crippen MR) is 109 cm³/mol. The molecule has 0 bridgehead atoms. The van der Waals surface area contributed by atoms with Gasteiger partial charge >= 0.3 is 0 Å². The van der Waals surface area contributed by atoms with E-state index in [1.54, 1.807) is 12.1 Å². The van der Waals surface area contributed by atoms with Crippen LogP contribution in [0.5, 0.6) is 0 Å². The van der Waals surface area contributed by atoms with Gasteiger partial charge in [0, 0.05) is 19.2 Å². The molecule has 0 saturated carbocycles. The highest BCUT2D eigenvalue weighted by molar-refractivity contribution is 7.16. The highest BCUT2D eigenvalue weighted by Gasteiger charge is 2.36. The minimum atomic E-state index is -0.781. The molecule has 3 amide bonds. The van der Waals surface area contributed by atoms with Crippen LogP contribution >= 0.6 is 11.3 Å². The maximum atomic E-state index is 14.4. The second-order valence-corrected chi connectivity index (χ2v) is 7.72. The van der Waals surface area contributed by atoms with Crippen LogP contribution in [0.2, 0.25) is 0 Å². The van der Waals surface area contributed by atoms with E-state index in [9.17, 15) is 23.2 Å². The average molecular weight is 445 g/mol. The summed E-state index contributed by atoms with van der Waals surface area (Å²) in [6.07, 6.45) is 0. The van der Waals surface area contributed by atoms with Crippen LogP contribution < -0.4 is 4.80 Å². The molecule has 0 saturated heterocycles. The number of fused-ring (bicyclic) bond motifs is 2. The van der Waals surface area contributed by atoms with E-state index in [-0.39, 0.29) is 39.3 Å². The van der Waals surface area contributed by atoms with E-state index in [0.29, 0.717) is 6.61 Å². The standard InChI is InChI=1S/C21H17F2N3O4S/c1-2-30-8-7-25-18-15(23)9-12(22)10-16(18)31-21(25)24-17(27)11-26-19(28)13-5-3-4-6-14(13)20(26)29/h3-6,9-10H,2,7-8,11H2,1H3. The first-order valence-electron chi connectivity index (χ1n) is 9.49. The summed E-state index contributed by atoms with van der Waals surface area (Å²) in [7, 11) is 0. The van der Waals surface area contributed by atoms with Crippen molar-refractivity contribution in [1.82, 2.24) is 9.47 Å². The molecule has 1 aliphatic rings. The lowest BCUT2D eigenvalue weighted by Gasteiger charge is -2.10. The number of amides is 3. The van der Waals surface area contributed by atoms with Gasteiger partial charge in [0.05, 0.1) is 28.0 Å². The number of halogens is 2. The van der Waals surface area contributed by atoms with Crippen molar-refractivity contribution in [2.24, 2.45) is 4.99 Å². The van der Waals surface area contributed by atoms with E-state index in [1.807, 2.05) is 6.92 Å². The van der Waals surface area contributed by atoms with Crippen molar-refractivity contribution in [1.29, 1.82) is 0 Å². The number of thiazole rings is 1. The average Bonchev–Trinajstić information content (AvgIpc) is 3.18. The largest absolute Gasteiger partial charge is 0.380 e. The molecule has 0 fully saturated rings. The van der Waals surface area contributed by atoms with Crippen molar-refractivity contribution in [2.45, 2.75) is 13.5 Å². The number of aromatic nitrogens is 1. The fourth-order valence-corrected chi connectivity index (χ4v) is 4.49. The van der Waals surface area contributed by atoms with Crippen LogP contribution in [0.1, 0.15) is 27.6 Å². The van der Waals surface area contributed by atoms with Crippen molar-refractivity contribution < 1.29 is 27.9 Å². The Labute approximate surface area is 179 Å². The quantitative estimate of drug-likeness (QED) is 0.432. The minimum Gasteiger partial charge on any atom is -0.380 e. The van der Waals surface area contributed by atoms with Crippen molar-refractivity contribution in [3.63, 3.8) is 0 Å². The Kier molecular flexibility index (Phi) is 5.75. The van der Waals surface area contributed by atoms with Gasteiger partial charge in [0.2, 0.25) is 0 Å². The number of carbonyl (C=O) groups is 3.